The molecule has 0 heterocycles. The standard InChI is InChI=1S/C12H8F6O2/c13-11(14,15)7-2-5(1-6(3-7)10(19)20)8-4-9(8)12(16,17)18/h1-3,8-9H,4H2,(H,19,20)/p-1. The van der Waals surface area contributed by atoms with Crippen LogP contribution in [0.5, 0.6) is 0 Å². The number of carbonyl (C=O) groups excluding carboxylic acids is 1. The van der Waals surface area contributed by atoms with Gasteiger partial charge in [-0.25, -0.2) is 0 Å². The van der Waals surface area contributed by atoms with E-state index in [0.717, 1.165) is 6.07 Å². The maximum Gasteiger partial charge on any atom is 0.416 e. The molecule has 2 unspecified atom stereocenters. The number of alkyl halides is 6. The Labute approximate surface area is 109 Å². The number of carboxylic acid groups (broad SMARTS) is 1. The molecule has 1 aromatic carbocycles. The molecular formula is C12H7F6O2-. The first-order valence-corrected chi connectivity index (χ1v) is 5.50. The van der Waals surface area contributed by atoms with Crippen molar-refractivity contribution in [3.63, 3.8) is 0 Å². The van der Waals surface area contributed by atoms with Crippen molar-refractivity contribution >= 4 is 5.97 Å². The fourth-order valence-electron chi connectivity index (χ4n) is 2.07. The summed E-state index contributed by atoms with van der Waals surface area (Å²) in [7, 11) is 0. The van der Waals surface area contributed by atoms with Crippen molar-refractivity contribution in [2.24, 2.45) is 5.92 Å². The maximum absolute atomic E-state index is 12.6. The molecule has 2 rings (SSSR count). The van der Waals surface area contributed by atoms with E-state index in [2.05, 4.69) is 0 Å². The van der Waals surface area contributed by atoms with Crippen LogP contribution in [0.1, 0.15) is 33.8 Å². The molecule has 1 aliphatic rings. The molecule has 110 valence electrons. The van der Waals surface area contributed by atoms with Crippen LogP contribution in [0.25, 0.3) is 0 Å². The summed E-state index contributed by atoms with van der Waals surface area (Å²) in [5, 5.41) is 10.7. The van der Waals surface area contributed by atoms with Gasteiger partial charge in [0.25, 0.3) is 0 Å². The lowest BCUT2D eigenvalue weighted by Gasteiger charge is -2.13. The van der Waals surface area contributed by atoms with Gasteiger partial charge in [0.15, 0.2) is 0 Å². The third kappa shape index (κ3) is 2.88. The van der Waals surface area contributed by atoms with Crippen molar-refractivity contribution in [1.29, 1.82) is 0 Å². The molecule has 1 saturated carbocycles. The van der Waals surface area contributed by atoms with E-state index in [0.29, 0.717) is 12.1 Å². The highest BCUT2D eigenvalue weighted by atomic mass is 19.4. The number of hydrogen-bond donors (Lipinski definition) is 0. The number of hydrogen-bond acceptors (Lipinski definition) is 2. The molecule has 1 aliphatic carbocycles. The summed E-state index contributed by atoms with van der Waals surface area (Å²) in [6.45, 7) is 0. The van der Waals surface area contributed by atoms with E-state index in [-0.39, 0.29) is 12.0 Å². The minimum Gasteiger partial charge on any atom is -0.545 e. The second kappa shape index (κ2) is 4.39. The van der Waals surface area contributed by atoms with Crippen LogP contribution in [0.15, 0.2) is 18.2 Å². The fourth-order valence-corrected chi connectivity index (χ4v) is 2.07. The Morgan fingerprint density at radius 1 is 1.10 bits per heavy atom. The Balaban J connectivity index is 2.40. The number of aromatic carboxylic acids is 1. The summed E-state index contributed by atoms with van der Waals surface area (Å²) in [6, 6.07) is 1.72. The van der Waals surface area contributed by atoms with Crippen molar-refractivity contribution < 1.29 is 36.2 Å². The van der Waals surface area contributed by atoms with Gasteiger partial charge < -0.3 is 9.90 Å². The Morgan fingerprint density at radius 2 is 1.70 bits per heavy atom. The average Bonchev–Trinajstić information content (AvgIpc) is 3.06. The molecule has 0 aliphatic heterocycles. The summed E-state index contributed by atoms with van der Waals surface area (Å²) in [5.41, 5.74) is -2.34. The first kappa shape index (κ1) is 14.7. The summed E-state index contributed by atoms with van der Waals surface area (Å²) in [5.74, 6) is -4.71. The van der Waals surface area contributed by atoms with Gasteiger partial charge in [0, 0.05) is 0 Å². The Bertz CT molecular complexity index is 546. The Morgan fingerprint density at radius 3 is 2.10 bits per heavy atom. The van der Waals surface area contributed by atoms with Crippen molar-refractivity contribution in [3.05, 3.63) is 34.9 Å². The molecule has 2 nitrogen and oxygen atoms in total. The SMILES string of the molecule is O=C([O-])c1cc(C2CC2C(F)(F)F)cc(C(F)(F)F)c1. The van der Waals surface area contributed by atoms with E-state index >= 15 is 0 Å². The summed E-state index contributed by atoms with van der Waals surface area (Å²) in [4.78, 5) is 10.7. The second-order valence-electron chi connectivity index (χ2n) is 4.62. The highest BCUT2D eigenvalue weighted by Gasteiger charge is 2.56. The molecular weight excluding hydrogens is 290 g/mol. The molecule has 0 aromatic heterocycles. The molecule has 0 saturated heterocycles. The van der Waals surface area contributed by atoms with Gasteiger partial charge in [-0.3, -0.25) is 0 Å². The lowest BCUT2D eigenvalue weighted by atomic mass is 10.0. The van der Waals surface area contributed by atoms with E-state index in [1.54, 1.807) is 0 Å². The van der Waals surface area contributed by atoms with Crippen LogP contribution in [-0.4, -0.2) is 12.1 Å². The Hall–Kier alpha value is -1.73. The molecule has 1 aromatic rings. The van der Waals surface area contributed by atoms with Crippen LogP contribution in [0, 0.1) is 5.92 Å². The van der Waals surface area contributed by atoms with Gasteiger partial charge in [-0.15, -0.1) is 0 Å². The zero-order valence-electron chi connectivity index (χ0n) is 9.68. The highest BCUT2D eigenvalue weighted by molar-refractivity contribution is 5.86. The van der Waals surface area contributed by atoms with Gasteiger partial charge in [-0.05, 0) is 41.7 Å². The maximum atomic E-state index is 12.6. The zero-order chi connectivity index (χ0) is 15.3. The van der Waals surface area contributed by atoms with Gasteiger partial charge in [0.2, 0.25) is 0 Å². The average molecular weight is 297 g/mol. The van der Waals surface area contributed by atoms with Crippen LogP contribution in [-0.2, 0) is 6.18 Å². The quantitative estimate of drug-likeness (QED) is 0.787. The second-order valence-corrected chi connectivity index (χ2v) is 4.62. The smallest absolute Gasteiger partial charge is 0.416 e. The third-order valence-electron chi connectivity index (χ3n) is 3.16. The number of carbonyl (C=O) groups is 1. The molecule has 0 bridgehead atoms. The molecule has 20 heavy (non-hydrogen) atoms. The molecule has 0 amide bonds. The first-order chi connectivity index (χ1) is 9.00. The molecule has 2 atom stereocenters. The van der Waals surface area contributed by atoms with Crippen molar-refractivity contribution in [2.45, 2.75) is 24.7 Å². The van der Waals surface area contributed by atoms with Crippen LogP contribution in [0.2, 0.25) is 0 Å². The van der Waals surface area contributed by atoms with Crippen LogP contribution in [0.3, 0.4) is 0 Å². The summed E-state index contributed by atoms with van der Waals surface area (Å²) < 4.78 is 75.0. The van der Waals surface area contributed by atoms with Gasteiger partial charge in [0.05, 0.1) is 17.5 Å². The molecule has 0 radical (unpaired) electrons. The van der Waals surface area contributed by atoms with Crippen LogP contribution < -0.4 is 5.11 Å². The number of carboxylic acids is 1. The normalized spacial score (nSPS) is 22.7. The van der Waals surface area contributed by atoms with E-state index in [1.165, 1.54) is 0 Å². The molecule has 0 spiro atoms. The lowest BCUT2D eigenvalue weighted by molar-refractivity contribution is -0.255. The molecule has 0 N–H and O–H groups in total. The highest BCUT2D eigenvalue weighted by Crippen LogP contribution is 2.56. The van der Waals surface area contributed by atoms with Crippen LogP contribution >= 0.6 is 0 Å². The minimum atomic E-state index is -4.83. The summed E-state index contributed by atoms with van der Waals surface area (Å²) >= 11 is 0. The van der Waals surface area contributed by atoms with E-state index < -0.39 is 41.3 Å². The van der Waals surface area contributed by atoms with Gasteiger partial charge in [-0.2, -0.15) is 26.3 Å². The third-order valence-corrected chi connectivity index (χ3v) is 3.16. The topological polar surface area (TPSA) is 40.1 Å². The lowest BCUT2D eigenvalue weighted by Crippen LogP contribution is -2.23. The largest absolute Gasteiger partial charge is 0.545 e. The predicted octanol–water partition coefficient (Wildman–Crippen LogP) is 2.73. The Kier molecular flexibility index (Phi) is 3.22. The fraction of sp³-hybridized carbons (Fsp3) is 0.417. The predicted molar refractivity (Wildman–Crippen MR) is 52.7 cm³/mol. The zero-order valence-corrected chi connectivity index (χ0v) is 9.68. The summed E-state index contributed by atoms with van der Waals surface area (Å²) in [6.07, 6.45) is -9.67. The molecule has 1 fully saturated rings. The van der Waals surface area contributed by atoms with E-state index in [1.807, 2.05) is 0 Å². The van der Waals surface area contributed by atoms with Crippen molar-refractivity contribution in [3.8, 4) is 0 Å². The van der Waals surface area contributed by atoms with Gasteiger partial charge in [0.1, 0.15) is 0 Å². The number of rotatable bonds is 2. The number of benzene rings is 1. The molecule has 8 heteroatoms. The first-order valence-electron chi connectivity index (χ1n) is 5.50. The minimum absolute atomic E-state index is 0.277. The number of halogens is 6. The van der Waals surface area contributed by atoms with Gasteiger partial charge >= 0.3 is 12.4 Å². The van der Waals surface area contributed by atoms with Crippen molar-refractivity contribution in [2.75, 3.05) is 0 Å². The monoisotopic (exact) mass is 297 g/mol. The van der Waals surface area contributed by atoms with Crippen LogP contribution in [0.4, 0.5) is 26.3 Å². The van der Waals surface area contributed by atoms with Gasteiger partial charge in [-0.1, -0.05) is 0 Å². The van der Waals surface area contributed by atoms with E-state index in [4.69, 9.17) is 0 Å². The van der Waals surface area contributed by atoms with Crippen molar-refractivity contribution in [1.82, 2.24) is 0 Å². The van der Waals surface area contributed by atoms with E-state index in [9.17, 15) is 36.2 Å².